The Bertz CT molecular complexity index is 1250. The molecule has 2 aromatic rings. The summed E-state index contributed by atoms with van der Waals surface area (Å²) >= 11 is 0. The van der Waals surface area contributed by atoms with Gasteiger partial charge < -0.3 is 19.9 Å². The van der Waals surface area contributed by atoms with Crippen LogP contribution in [0, 0.1) is 11.8 Å². The molecule has 0 radical (unpaired) electrons. The maximum Gasteiger partial charge on any atom is 0.230 e. The quantitative estimate of drug-likeness (QED) is 0.568. The molecule has 1 aromatic carbocycles. The molecule has 1 atom stereocenters. The highest BCUT2D eigenvalue weighted by atomic mass is 16.5. The summed E-state index contributed by atoms with van der Waals surface area (Å²) in [6.07, 6.45) is 15.5. The summed E-state index contributed by atoms with van der Waals surface area (Å²) in [5.41, 5.74) is 4.40. The van der Waals surface area contributed by atoms with E-state index in [1.807, 2.05) is 6.20 Å². The number of hydrogen-bond donors (Lipinski definition) is 1. The zero-order chi connectivity index (χ0) is 27.2. The Morgan fingerprint density at radius 2 is 1.68 bits per heavy atom. The number of piperidine rings is 2. The van der Waals surface area contributed by atoms with Crippen LogP contribution in [-0.4, -0.2) is 64.8 Å². The number of nitrogens with one attached hydrogen (secondary N) is 1. The Hall–Kier alpha value is -2.87. The SMILES string of the molecule is C[C@H]1CCc2c(ccc(-c3cnn(C4CCN(C(=O)C5CCNCC5)CC4)c3)c2OC2CCC2)N1C(=O)C1CC1. The van der Waals surface area contributed by atoms with Crippen molar-refractivity contribution in [2.45, 2.75) is 95.7 Å². The van der Waals surface area contributed by atoms with Crippen LogP contribution in [0.15, 0.2) is 24.5 Å². The van der Waals surface area contributed by atoms with Crippen LogP contribution in [0.3, 0.4) is 0 Å². The number of nitrogens with zero attached hydrogens (tertiary/aromatic N) is 4. The van der Waals surface area contributed by atoms with E-state index in [0.29, 0.717) is 11.9 Å². The van der Waals surface area contributed by atoms with Gasteiger partial charge in [-0.05, 0) is 103 Å². The molecule has 5 aliphatic rings. The first-order chi connectivity index (χ1) is 19.6. The van der Waals surface area contributed by atoms with Gasteiger partial charge in [-0.2, -0.15) is 5.10 Å². The lowest BCUT2D eigenvalue weighted by Gasteiger charge is -2.38. The largest absolute Gasteiger partial charge is 0.489 e. The van der Waals surface area contributed by atoms with Crippen LogP contribution >= 0.6 is 0 Å². The van der Waals surface area contributed by atoms with E-state index in [1.54, 1.807) is 0 Å². The molecule has 1 N–H and O–H groups in total. The first-order valence-electron chi connectivity index (χ1n) is 15.8. The van der Waals surface area contributed by atoms with Crippen LogP contribution in [0.1, 0.15) is 82.7 Å². The molecule has 8 heteroatoms. The van der Waals surface area contributed by atoms with Crippen molar-refractivity contribution in [3.05, 3.63) is 30.1 Å². The number of anilines is 1. The number of carbonyl (C=O) groups excluding carboxylic acids is 2. The number of aromatic nitrogens is 2. The zero-order valence-electron chi connectivity index (χ0n) is 23.8. The Labute approximate surface area is 237 Å². The van der Waals surface area contributed by atoms with Gasteiger partial charge in [0.1, 0.15) is 5.75 Å². The lowest BCUT2D eigenvalue weighted by Crippen LogP contribution is -2.44. The van der Waals surface area contributed by atoms with Crippen LogP contribution in [0.5, 0.6) is 5.75 Å². The van der Waals surface area contributed by atoms with Crippen molar-refractivity contribution in [3.8, 4) is 16.9 Å². The molecule has 2 amide bonds. The van der Waals surface area contributed by atoms with Crippen molar-refractivity contribution in [3.63, 3.8) is 0 Å². The van der Waals surface area contributed by atoms with Crippen LogP contribution in [0.4, 0.5) is 5.69 Å². The highest BCUT2D eigenvalue weighted by Gasteiger charge is 2.39. The molecule has 214 valence electrons. The molecule has 40 heavy (non-hydrogen) atoms. The van der Waals surface area contributed by atoms with E-state index >= 15 is 0 Å². The van der Waals surface area contributed by atoms with E-state index in [-0.39, 0.29) is 29.9 Å². The molecular weight excluding hydrogens is 502 g/mol. The Morgan fingerprint density at radius 1 is 0.925 bits per heavy atom. The van der Waals surface area contributed by atoms with E-state index in [9.17, 15) is 9.59 Å². The standard InChI is InChI=1S/C32H43N5O3/c1-21-5-8-28-29(37(21)32(39)22-6-7-22)10-9-27(30(28)40-26-3-2-4-26)24-19-34-36(20-24)25-13-17-35(18-14-25)31(38)23-11-15-33-16-12-23/h9-10,19-23,25-26,33H,2-8,11-18H2,1H3/t21-/m0/s1. The van der Waals surface area contributed by atoms with Gasteiger partial charge in [0.15, 0.2) is 0 Å². The van der Waals surface area contributed by atoms with E-state index in [4.69, 9.17) is 9.84 Å². The lowest BCUT2D eigenvalue weighted by atomic mass is 9.91. The van der Waals surface area contributed by atoms with Crippen LogP contribution in [-0.2, 0) is 16.0 Å². The molecule has 3 aliphatic heterocycles. The minimum absolute atomic E-state index is 0.186. The number of carbonyl (C=O) groups is 2. The monoisotopic (exact) mass is 545 g/mol. The van der Waals surface area contributed by atoms with Gasteiger partial charge in [-0.1, -0.05) is 0 Å². The van der Waals surface area contributed by atoms with Crippen molar-refractivity contribution in [1.82, 2.24) is 20.0 Å². The number of rotatable bonds is 6. The summed E-state index contributed by atoms with van der Waals surface area (Å²) < 4.78 is 8.81. The minimum atomic E-state index is 0.186. The summed E-state index contributed by atoms with van der Waals surface area (Å²) in [6.45, 7) is 5.69. The predicted molar refractivity (Wildman–Crippen MR) is 154 cm³/mol. The number of hydrogen-bond acceptors (Lipinski definition) is 5. The fourth-order valence-electron chi connectivity index (χ4n) is 7.04. The minimum Gasteiger partial charge on any atom is -0.489 e. The maximum atomic E-state index is 13.3. The molecule has 2 saturated carbocycles. The smallest absolute Gasteiger partial charge is 0.230 e. The molecule has 1 aromatic heterocycles. The number of benzene rings is 1. The molecule has 0 spiro atoms. The van der Waals surface area contributed by atoms with E-state index in [0.717, 1.165) is 113 Å². The summed E-state index contributed by atoms with van der Waals surface area (Å²) in [7, 11) is 0. The number of ether oxygens (including phenoxy) is 1. The second kappa shape index (κ2) is 10.8. The zero-order valence-corrected chi connectivity index (χ0v) is 23.8. The summed E-state index contributed by atoms with van der Waals surface area (Å²) in [4.78, 5) is 30.4. The van der Waals surface area contributed by atoms with E-state index in [1.165, 1.54) is 12.0 Å². The normalized spacial score (nSPS) is 24.5. The number of likely N-dealkylation sites (tertiary alicyclic amines) is 1. The van der Waals surface area contributed by atoms with Crippen molar-refractivity contribution < 1.29 is 14.3 Å². The molecule has 8 nitrogen and oxygen atoms in total. The average Bonchev–Trinajstić information content (AvgIpc) is 3.71. The summed E-state index contributed by atoms with van der Waals surface area (Å²) in [6, 6.07) is 4.82. The summed E-state index contributed by atoms with van der Waals surface area (Å²) in [5, 5.41) is 8.18. The molecular formula is C32H43N5O3. The Morgan fingerprint density at radius 3 is 2.38 bits per heavy atom. The molecule has 2 aliphatic carbocycles. The van der Waals surface area contributed by atoms with Crippen molar-refractivity contribution >= 4 is 17.5 Å². The van der Waals surface area contributed by atoms with Crippen molar-refractivity contribution in [2.75, 3.05) is 31.1 Å². The Balaban J connectivity index is 1.11. The van der Waals surface area contributed by atoms with Crippen LogP contribution in [0.25, 0.3) is 11.1 Å². The fourth-order valence-corrected chi connectivity index (χ4v) is 7.04. The third kappa shape index (κ3) is 4.93. The first kappa shape index (κ1) is 26.1. The second-order valence-electron chi connectivity index (χ2n) is 12.8. The molecule has 4 fully saturated rings. The van der Waals surface area contributed by atoms with Gasteiger partial charge >= 0.3 is 0 Å². The third-order valence-corrected chi connectivity index (χ3v) is 10.0. The highest BCUT2D eigenvalue weighted by Crippen LogP contribution is 2.46. The van der Waals surface area contributed by atoms with Gasteiger partial charge in [0.2, 0.25) is 11.8 Å². The van der Waals surface area contributed by atoms with E-state index < -0.39 is 0 Å². The van der Waals surface area contributed by atoms with Crippen LogP contribution < -0.4 is 15.0 Å². The Kier molecular flexibility index (Phi) is 7.06. The molecule has 0 bridgehead atoms. The van der Waals surface area contributed by atoms with Gasteiger partial charge in [0, 0.05) is 53.9 Å². The topological polar surface area (TPSA) is 79.7 Å². The van der Waals surface area contributed by atoms with Gasteiger partial charge in [-0.15, -0.1) is 0 Å². The first-order valence-corrected chi connectivity index (χ1v) is 15.8. The van der Waals surface area contributed by atoms with Gasteiger partial charge in [-0.3, -0.25) is 14.3 Å². The van der Waals surface area contributed by atoms with Crippen molar-refractivity contribution in [1.29, 1.82) is 0 Å². The maximum absolute atomic E-state index is 13.3. The predicted octanol–water partition coefficient (Wildman–Crippen LogP) is 4.72. The number of amides is 2. The molecule has 2 saturated heterocycles. The van der Waals surface area contributed by atoms with Gasteiger partial charge in [0.25, 0.3) is 0 Å². The molecule has 7 rings (SSSR count). The van der Waals surface area contributed by atoms with Crippen molar-refractivity contribution in [2.24, 2.45) is 11.8 Å². The van der Waals surface area contributed by atoms with Crippen LogP contribution in [0.2, 0.25) is 0 Å². The molecule has 0 unspecified atom stereocenters. The van der Waals surface area contributed by atoms with Gasteiger partial charge in [-0.25, -0.2) is 0 Å². The third-order valence-electron chi connectivity index (χ3n) is 10.0. The number of fused-ring (bicyclic) bond motifs is 1. The highest BCUT2D eigenvalue weighted by molar-refractivity contribution is 5.99. The average molecular weight is 546 g/mol. The lowest BCUT2D eigenvalue weighted by molar-refractivity contribution is -0.137. The molecule has 4 heterocycles. The second-order valence-corrected chi connectivity index (χ2v) is 12.8. The van der Waals surface area contributed by atoms with Gasteiger partial charge in [0.05, 0.1) is 24.0 Å². The van der Waals surface area contributed by atoms with E-state index in [2.05, 4.69) is 45.1 Å². The fraction of sp³-hybridized carbons (Fsp3) is 0.656. The summed E-state index contributed by atoms with van der Waals surface area (Å²) in [5.74, 6) is 1.98.